The molecule has 1 unspecified atom stereocenters. The van der Waals surface area contributed by atoms with Gasteiger partial charge in [0.2, 0.25) is 17.7 Å². The average molecular weight is 227 g/mol. The molecule has 0 aromatic rings. The van der Waals surface area contributed by atoms with Crippen LogP contribution in [0.4, 0.5) is 0 Å². The SMILES string of the molecule is CN(C)CCC(=O)NC1CCC(=O)NC1=O. The van der Waals surface area contributed by atoms with Crippen molar-refractivity contribution in [2.75, 3.05) is 20.6 Å². The summed E-state index contributed by atoms with van der Waals surface area (Å²) in [4.78, 5) is 35.5. The third-order valence-electron chi connectivity index (χ3n) is 2.36. The predicted molar refractivity (Wildman–Crippen MR) is 57.5 cm³/mol. The summed E-state index contributed by atoms with van der Waals surface area (Å²) in [5.74, 6) is -0.846. The fourth-order valence-electron chi connectivity index (χ4n) is 1.42. The minimum Gasteiger partial charge on any atom is -0.344 e. The lowest BCUT2D eigenvalue weighted by Gasteiger charge is -2.22. The van der Waals surface area contributed by atoms with E-state index in [9.17, 15) is 14.4 Å². The Morgan fingerprint density at radius 2 is 2.19 bits per heavy atom. The average Bonchev–Trinajstić information content (AvgIpc) is 2.19. The lowest BCUT2D eigenvalue weighted by molar-refractivity contribution is -0.137. The second-order valence-corrected chi connectivity index (χ2v) is 4.12. The van der Waals surface area contributed by atoms with Gasteiger partial charge in [-0.15, -0.1) is 0 Å². The minimum atomic E-state index is -0.563. The summed E-state index contributed by atoms with van der Waals surface area (Å²) in [6, 6.07) is -0.563. The molecule has 90 valence electrons. The maximum Gasteiger partial charge on any atom is 0.249 e. The molecular formula is C10H17N3O3. The van der Waals surface area contributed by atoms with Crippen LogP contribution in [0.1, 0.15) is 19.3 Å². The largest absolute Gasteiger partial charge is 0.344 e. The van der Waals surface area contributed by atoms with E-state index in [-0.39, 0.29) is 18.2 Å². The van der Waals surface area contributed by atoms with Crippen LogP contribution in [0.15, 0.2) is 0 Å². The molecule has 1 saturated heterocycles. The summed E-state index contributed by atoms with van der Waals surface area (Å²) >= 11 is 0. The van der Waals surface area contributed by atoms with E-state index in [1.165, 1.54) is 0 Å². The van der Waals surface area contributed by atoms with Crippen LogP contribution >= 0.6 is 0 Å². The van der Waals surface area contributed by atoms with E-state index in [2.05, 4.69) is 10.6 Å². The second kappa shape index (κ2) is 5.60. The van der Waals surface area contributed by atoms with E-state index in [0.29, 0.717) is 19.4 Å². The van der Waals surface area contributed by atoms with Crippen LogP contribution in [-0.2, 0) is 14.4 Å². The van der Waals surface area contributed by atoms with Crippen molar-refractivity contribution in [3.63, 3.8) is 0 Å². The highest BCUT2D eigenvalue weighted by Crippen LogP contribution is 2.04. The summed E-state index contributed by atoms with van der Waals surface area (Å²) in [6.45, 7) is 0.638. The predicted octanol–water partition coefficient (Wildman–Crippen LogP) is -1.14. The van der Waals surface area contributed by atoms with Crippen LogP contribution in [0.3, 0.4) is 0 Å². The van der Waals surface area contributed by atoms with E-state index in [1.807, 2.05) is 19.0 Å². The summed E-state index contributed by atoms with van der Waals surface area (Å²) in [7, 11) is 3.75. The highest BCUT2D eigenvalue weighted by molar-refractivity contribution is 6.01. The highest BCUT2D eigenvalue weighted by atomic mass is 16.2. The number of nitrogens with zero attached hydrogens (tertiary/aromatic N) is 1. The number of rotatable bonds is 4. The van der Waals surface area contributed by atoms with Crippen molar-refractivity contribution >= 4 is 17.7 Å². The summed E-state index contributed by atoms with van der Waals surface area (Å²) in [5.41, 5.74) is 0. The zero-order valence-corrected chi connectivity index (χ0v) is 9.58. The van der Waals surface area contributed by atoms with Gasteiger partial charge < -0.3 is 10.2 Å². The fourth-order valence-corrected chi connectivity index (χ4v) is 1.42. The van der Waals surface area contributed by atoms with Crippen LogP contribution < -0.4 is 10.6 Å². The van der Waals surface area contributed by atoms with Gasteiger partial charge in [-0.05, 0) is 20.5 Å². The van der Waals surface area contributed by atoms with E-state index in [4.69, 9.17) is 0 Å². The Bertz CT molecular complexity index is 302. The van der Waals surface area contributed by atoms with Gasteiger partial charge in [0.15, 0.2) is 0 Å². The van der Waals surface area contributed by atoms with Crippen molar-refractivity contribution in [1.82, 2.24) is 15.5 Å². The fraction of sp³-hybridized carbons (Fsp3) is 0.700. The Kier molecular flexibility index (Phi) is 4.42. The molecule has 2 N–H and O–H groups in total. The molecule has 0 spiro atoms. The van der Waals surface area contributed by atoms with Crippen molar-refractivity contribution in [3.05, 3.63) is 0 Å². The van der Waals surface area contributed by atoms with E-state index < -0.39 is 11.9 Å². The normalized spacial score (nSPS) is 20.8. The van der Waals surface area contributed by atoms with Crippen LogP contribution in [0.25, 0.3) is 0 Å². The van der Waals surface area contributed by atoms with E-state index in [0.717, 1.165) is 0 Å². The monoisotopic (exact) mass is 227 g/mol. The first kappa shape index (κ1) is 12.6. The molecule has 16 heavy (non-hydrogen) atoms. The summed E-state index contributed by atoms with van der Waals surface area (Å²) in [5, 5.41) is 4.81. The molecule has 1 aliphatic heterocycles. The Morgan fingerprint density at radius 3 is 2.75 bits per heavy atom. The first-order valence-electron chi connectivity index (χ1n) is 5.27. The Hall–Kier alpha value is -1.43. The van der Waals surface area contributed by atoms with Gasteiger partial charge in [-0.3, -0.25) is 19.7 Å². The van der Waals surface area contributed by atoms with Crippen molar-refractivity contribution in [2.45, 2.75) is 25.3 Å². The van der Waals surface area contributed by atoms with Gasteiger partial charge in [-0.1, -0.05) is 0 Å². The van der Waals surface area contributed by atoms with Gasteiger partial charge >= 0.3 is 0 Å². The molecule has 0 saturated carbocycles. The van der Waals surface area contributed by atoms with Crippen molar-refractivity contribution in [2.24, 2.45) is 0 Å². The van der Waals surface area contributed by atoms with Crippen molar-refractivity contribution in [1.29, 1.82) is 0 Å². The number of piperidine rings is 1. The van der Waals surface area contributed by atoms with Gasteiger partial charge in [0.1, 0.15) is 6.04 Å². The summed E-state index contributed by atoms with van der Waals surface area (Å²) < 4.78 is 0. The maximum absolute atomic E-state index is 11.4. The van der Waals surface area contributed by atoms with E-state index >= 15 is 0 Å². The van der Waals surface area contributed by atoms with Gasteiger partial charge in [-0.25, -0.2) is 0 Å². The van der Waals surface area contributed by atoms with Gasteiger partial charge in [0.25, 0.3) is 0 Å². The number of imide groups is 1. The van der Waals surface area contributed by atoms with Crippen LogP contribution in [0, 0.1) is 0 Å². The third kappa shape index (κ3) is 3.98. The van der Waals surface area contributed by atoms with Crippen molar-refractivity contribution < 1.29 is 14.4 Å². The van der Waals surface area contributed by atoms with Gasteiger partial charge in [-0.2, -0.15) is 0 Å². The molecule has 1 fully saturated rings. The number of hydrogen-bond donors (Lipinski definition) is 2. The molecule has 3 amide bonds. The quantitative estimate of drug-likeness (QED) is 0.595. The Balaban J connectivity index is 2.33. The molecule has 0 aliphatic carbocycles. The smallest absolute Gasteiger partial charge is 0.249 e. The minimum absolute atomic E-state index is 0.164. The first-order chi connectivity index (χ1) is 7.49. The molecule has 1 atom stereocenters. The number of hydrogen-bond acceptors (Lipinski definition) is 4. The molecule has 0 aromatic carbocycles. The lowest BCUT2D eigenvalue weighted by atomic mass is 10.1. The zero-order chi connectivity index (χ0) is 12.1. The Morgan fingerprint density at radius 1 is 1.50 bits per heavy atom. The lowest BCUT2D eigenvalue weighted by Crippen LogP contribution is -2.52. The molecule has 1 aliphatic rings. The van der Waals surface area contributed by atoms with Gasteiger partial charge in [0.05, 0.1) is 0 Å². The number of nitrogens with one attached hydrogen (secondary N) is 2. The molecule has 1 rings (SSSR count). The molecule has 0 radical (unpaired) electrons. The number of carbonyl (C=O) groups excluding carboxylic acids is 3. The molecule has 0 bridgehead atoms. The standard InChI is InChI=1S/C10H17N3O3/c1-13(2)6-5-9(15)11-7-3-4-8(14)12-10(7)16/h7H,3-6H2,1-2H3,(H,11,15)(H,12,14,16). The first-order valence-corrected chi connectivity index (χ1v) is 5.27. The molecule has 6 heteroatoms. The molecule has 6 nitrogen and oxygen atoms in total. The summed E-state index contributed by atoms with van der Waals surface area (Å²) in [6.07, 6.45) is 1.02. The number of carbonyl (C=O) groups is 3. The maximum atomic E-state index is 11.4. The molecular weight excluding hydrogens is 210 g/mol. The van der Waals surface area contributed by atoms with Gasteiger partial charge in [0, 0.05) is 19.4 Å². The zero-order valence-electron chi connectivity index (χ0n) is 9.58. The molecule has 0 aromatic heterocycles. The van der Waals surface area contributed by atoms with Crippen LogP contribution in [0.2, 0.25) is 0 Å². The third-order valence-corrected chi connectivity index (χ3v) is 2.36. The van der Waals surface area contributed by atoms with E-state index in [1.54, 1.807) is 0 Å². The Labute approximate surface area is 94.4 Å². The highest BCUT2D eigenvalue weighted by Gasteiger charge is 2.27. The van der Waals surface area contributed by atoms with Crippen LogP contribution in [-0.4, -0.2) is 49.3 Å². The van der Waals surface area contributed by atoms with Crippen LogP contribution in [0.5, 0.6) is 0 Å². The molecule has 1 heterocycles. The number of amides is 3. The second-order valence-electron chi connectivity index (χ2n) is 4.12. The topological polar surface area (TPSA) is 78.5 Å². The van der Waals surface area contributed by atoms with Crippen molar-refractivity contribution in [3.8, 4) is 0 Å².